The summed E-state index contributed by atoms with van der Waals surface area (Å²) in [6, 6.07) is 19.7. The van der Waals surface area contributed by atoms with Gasteiger partial charge in [-0.3, -0.25) is 25.0 Å². The number of carbonyl (C=O) groups excluding carboxylic acids is 3. The molecule has 0 aliphatic heterocycles. The van der Waals surface area contributed by atoms with Crippen LogP contribution in [0.2, 0.25) is 0 Å². The molecule has 1 aromatic heterocycles. The first kappa shape index (κ1) is 22.3. The van der Waals surface area contributed by atoms with E-state index < -0.39 is 11.9 Å². The summed E-state index contributed by atoms with van der Waals surface area (Å²) in [5, 5.41) is 7.05. The van der Waals surface area contributed by atoms with Crippen molar-refractivity contribution in [1.29, 1.82) is 0 Å². The van der Waals surface area contributed by atoms with Crippen molar-refractivity contribution in [3.8, 4) is 5.75 Å². The highest BCUT2D eigenvalue weighted by Crippen LogP contribution is 2.21. The standard InChI is InChI=1S/C24H20N6O4/c1-14(31)34-19-12-5-4-11-18(19)21(33)27-24-29-22(25)28-23(30-24)26-20(32)13-16-9-6-8-15-7-2-3-10-17(15)16/h2-12H,13H2,1H3,(H4,25,26,27,28,29,30,32,33). The lowest BCUT2D eigenvalue weighted by atomic mass is 10.0. The Bertz CT molecular complexity index is 1400. The highest BCUT2D eigenvalue weighted by molar-refractivity contribution is 6.06. The highest BCUT2D eigenvalue weighted by Gasteiger charge is 2.17. The third-order valence-electron chi connectivity index (χ3n) is 4.75. The van der Waals surface area contributed by atoms with Gasteiger partial charge in [-0.15, -0.1) is 0 Å². The maximum Gasteiger partial charge on any atom is 0.308 e. The Morgan fingerprint density at radius 2 is 1.53 bits per heavy atom. The van der Waals surface area contributed by atoms with E-state index in [2.05, 4.69) is 25.6 Å². The number of esters is 1. The maximum absolute atomic E-state index is 12.7. The topological polar surface area (TPSA) is 149 Å². The molecular formula is C24H20N6O4. The second kappa shape index (κ2) is 9.74. The minimum absolute atomic E-state index is 0.0816. The lowest BCUT2D eigenvalue weighted by Gasteiger charge is -2.10. The van der Waals surface area contributed by atoms with Crippen molar-refractivity contribution in [2.24, 2.45) is 0 Å². The van der Waals surface area contributed by atoms with Gasteiger partial charge in [-0.25, -0.2) is 0 Å². The Hall–Kier alpha value is -4.86. The summed E-state index contributed by atoms with van der Waals surface area (Å²) >= 11 is 0. The molecule has 4 aromatic rings. The van der Waals surface area contributed by atoms with E-state index >= 15 is 0 Å². The molecule has 10 nitrogen and oxygen atoms in total. The lowest BCUT2D eigenvalue weighted by molar-refractivity contribution is -0.131. The van der Waals surface area contributed by atoms with Crippen molar-refractivity contribution in [3.05, 3.63) is 77.9 Å². The first-order valence-electron chi connectivity index (χ1n) is 10.3. The van der Waals surface area contributed by atoms with E-state index in [9.17, 15) is 14.4 Å². The van der Waals surface area contributed by atoms with Crippen molar-refractivity contribution in [2.45, 2.75) is 13.3 Å². The minimum Gasteiger partial charge on any atom is -0.426 e. The SMILES string of the molecule is CC(=O)Oc1ccccc1C(=O)Nc1nc(N)nc(NC(=O)Cc2cccc3ccccc23)n1. The summed E-state index contributed by atoms with van der Waals surface area (Å²) in [7, 11) is 0. The monoisotopic (exact) mass is 456 g/mol. The summed E-state index contributed by atoms with van der Waals surface area (Å²) in [5.41, 5.74) is 6.67. The number of hydrogen-bond acceptors (Lipinski definition) is 8. The Balaban J connectivity index is 1.50. The third kappa shape index (κ3) is 5.30. The fourth-order valence-corrected chi connectivity index (χ4v) is 3.36. The van der Waals surface area contributed by atoms with Crippen molar-refractivity contribution in [1.82, 2.24) is 15.0 Å². The van der Waals surface area contributed by atoms with Gasteiger partial charge in [-0.1, -0.05) is 54.6 Å². The van der Waals surface area contributed by atoms with E-state index in [4.69, 9.17) is 10.5 Å². The van der Waals surface area contributed by atoms with Gasteiger partial charge in [0.1, 0.15) is 5.75 Å². The number of nitrogens with one attached hydrogen (secondary N) is 2. The number of ether oxygens (including phenoxy) is 1. The van der Waals surface area contributed by atoms with Crippen LogP contribution in [0.5, 0.6) is 5.75 Å². The molecule has 170 valence electrons. The van der Waals surface area contributed by atoms with E-state index in [-0.39, 0.29) is 41.5 Å². The summed E-state index contributed by atoms with van der Waals surface area (Å²) in [6.45, 7) is 1.23. The minimum atomic E-state index is -0.629. The second-order valence-electron chi connectivity index (χ2n) is 7.25. The summed E-state index contributed by atoms with van der Waals surface area (Å²) in [6.07, 6.45) is 0.0877. The van der Waals surface area contributed by atoms with E-state index in [1.807, 2.05) is 42.5 Å². The molecule has 0 bridgehead atoms. The van der Waals surface area contributed by atoms with Crippen LogP contribution in [0.25, 0.3) is 10.8 Å². The molecule has 4 rings (SSSR count). The maximum atomic E-state index is 12.7. The molecule has 0 saturated heterocycles. The number of hydrogen-bond donors (Lipinski definition) is 3. The predicted octanol–water partition coefficient (Wildman–Crippen LogP) is 2.97. The van der Waals surface area contributed by atoms with E-state index in [0.29, 0.717) is 0 Å². The third-order valence-corrected chi connectivity index (χ3v) is 4.75. The normalized spacial score (nSPS) is 10.5. The summed E-state index contributed by atoms with van der Waals surface area (Å²) in [4.78, 5) is 48.5. The van der Waals surface area contributed by atoms with Crippen molar-refractivity contribution < 1.29 is 19.1 Å². The molecule has 0 spiro atoms. The summed E-state index contributed by atoms with van der Waals surface area (Å²) < 4.78 is 5.06. The fourth-order valence-electron chi connectivity index (χ4n) is 3.36. The van der Waals surface area contributed by atoms with Gasteiger partial charge < -0.3 is 10.5 Å². The van der Waals surface area contributed by atoms with Gasteiger partial charge in [0.15, 0.2) is 0 Å². The Kier molecular flexibility index (Phi) is 6.40. The van der Waals surface area contributed by atoms with E-state index in [0.717, 1.165) is 16.3 Å². The van der Waals surface area contributed by atoms with Crippen LogP contribution in [0, 0.1) is 0 Å². The van der Waals surface area contributed by atoms with Gasteiger partial charge in [-0.05, 0) is 28.5 Å². The van der Waals surface area contributed by atoms with Crippen LogP contribution in [0.15, 0.2) is 66.7 Å². The largest absolute Gasteiger partial charge is 0.426 e. The Labute approximate surface area is 194 Å². The number of carbonyl (C=O) groups is 3. The van der Waals surface area contributed by atoms with Crippen molar-refractivity contribution >= 4 is 46.4 Å². The molecule has 2 amide bonds. The number of benzene rings is 3. The molecule has 10 heteroatoms. The number of nitrogens with two attached hydrogens (primary N) is 1. The number of fused-ring (bicyclic) bond motifs is 1. The average molecular weight is 456 g/mol. The quantitative estimate of drug-likeness (QED) is 0.296. The van der Waals surface area contributed by atoms with Crippen LogP contribution in [0.4, 0.5) is 17.8 Å². The van der Waals surface area contributed by atoms with Gasteiger partial charge >= 0.3 is 5.97 Å². The zero-order valence-corrected chi connectivity index (χ0v) is 18.1. The molecule has 0 unspecified atom stereocenters. The van der Waals surface area contributed by atoms with E-state index in [1.54, 1.807) is 12.1 Å². The van der Waals surface area contributed by atoms with Gasteiger partial charge in [-0.2, -0.15) is 15.0 Å². The van der Waals surface area contributed by atoms with Gasteiger partial charge in [0, 0.05) is 6.92 Å². The molecule has 0 atom stereocenters. The Morgan fingerprint density at radius 1 is 0.853 bits per heavy atom. The van der Waals surface area contributed by atoms with Crippen LogP contribution >= 0.6 is 0 Å². The molecule has 34 heavy (non-hydrogen) atoms. The molecule has 1 heterocycles. The van der Waals surface area contributed by atoms with Crippen molar-refractivity contribution in [3.63, 3.8) is 0 Å². The average Bonchev–Trinajstić information content (AvgIpc) is 2.79. The van der Waals surface area contributed by atoms with Crippen LogP contribution < -0.4 is 21.1 Å². The summed E-state index contributed by atoms with van der Waals surface area (Å²) in [5.74, 6) is -1.95. The first-order chi connectivity index (χ1) is 16.4. The molecule has 4 N–H and O–H groups in total. The van der Waals surface area contributed by atoms with Crippen LogP contribution in [0.3, 0.4) is 0 Å². The molecule has 0 fully saturated rings. The molecular weight excluding hydrogens is 436 g/mol. The van der Waals surface area contributed by atoms with E-state index in [1.165, 1.54) is 19.1 Å². The molecule has 3 aromatic carbocycles. The number of aromatic nitrogens is 3. The second-order valence-corrected chi connectivity index (χ2v) is 7.25. The number of para-hydroxylation sites is 1. The number of rotatable bonds is 6. The van der Waals surface area contributed by atoms with Gasteiger partial charge in [0.05, 0.1) is 12.0 Å². The molecule has 0 aliphatic rings. The number of anilines is 3. The Morgan fingerprint density at radius 3 is 2.32 bits per heavy atom. The number of nitrogens with zero attached hydrogens (tertiary/aromatic N) is 3. The number of nitrogen functional groups attached to an aromatic ring is 1. The van der Waals surface area contributed by atoms with Crippen LogP contribution in [-0.2, 0) is 16.0 Å². The predicted molar refractivity (Wildman–Crippen MR) is 126 cm³/mol. The zero-order valence-electron chi connectivity index (χ0n) is 18.1. The first-order valence-corrected chi connectivity index (χ1v) is 10.3. The van der Waals surface area contributed by atoms with Crippen molar-refractivity contribution in [2.75, 3.05) is 16.4 Å². The van der Waals surface area contributed by atoms with Crippen LogP contribution in [-0.4, -0.2) is 32.7 Å². The molecule has 0 saturated carbocycles. The lowest BCUT2D eigenvalue weighted by Crippen LogP contribution is -2.20. The van der Waals surface area contributed by atoms with Crippen LogP contribution in [0.1, 0.15) is 22.8 Å². The number of amides is 2. The van der Waals surface area contributed by atoms with Gasteiger partial charge in [0.2, 0.25) is 23.8 Å². The van der Waals surface area contributed by atoms with Gasteiger partial charge in [0.25, 0.3) is 5.91 Å². The highest BCUT2D eigenvalue weighted by atomic mass is 16.5. The molecule has 0 radical (unpaired) electrons. The zero-order chi connectivity index (χ0) is 24.1. The molecule has 0 aliphatic carbocycles. The smallest absolute Gasteiger partial charge is 0.308 e. The fraction of sp³-hybridized carbons (Fsp3) is 0.0833.